The Morgan fingerprint density at radius 3 is 2.80 bits per heavy atom. The van der Waals surface area contributed by atoms with Crippen LogP contribution in [0.2, 0.25) is 0 Å². The van der Waals surface area contributed by atoms with E-state index in [2.05, 4.69) is 13.8 Å². The monoisotopic (exact) mass is 272 g/mol. The molecule has 0 aromatic heterocycles. The third-order valence-electron chi connectivity index (χ3n) is 4.64. The quantitative estimate of drug-likeness (QED) is 0.751. The molecule has 0 bridgehead atoms. The highest BCUT2D eigenvalue weighted by Gasteiger charge is 2.30. The van der Waals surface area contributed by atoms with Crippen LogP contribution in [-0.4, -0.2) is 11.4 Å². The summed E-state index contributed by atoms with van der Waals surface area (Å²) >= 11 is 0. The first-order valence-corrected chi connectivity index (χ1v) is 7.89. The lowest BCUT2D eigenvalue weighted by Gasteiger charge is -2.16. The first kappa shape index (κ1) is 13.7. The number of carbonyl (C=O) groups excluding carboxylic acids is 1. The SMILES string of the molecule is CC1(C)Cc2cc(C(=O)CCC3CCCC3)ccc2O1. The second-order valence-electron chi connectivity index (χ2n) is 6.97. The fourth-order valence-corrected chi connectivity index (χ4v) is 3.56. The van der Waals surface area contributed by atoms with Gasteiger partial charge in [-0.25, -0.2) is 0 Å². The van der Waals surface area contributed by atoms with E-state index in [0.717, 1.165) is 30.1 Å². The van der Waals surface area contributed by atoms with E-state index in [0.29, 0.717) is 12.2 Å². The Bertz CT molecular complexity index is 510. The van der Waals surface area contributed by atoms with E-state index in [4.69, 9.17) is 4.74 Å². The van der Waals surface area contributed by atoms with Crippen LogP contribution in [0, 0.1) is 5.92 Å². The summed E-state index contributed by atoms with van der Waals surface area (Å²) in [6, 6.07) is 5.94. The van der Waals surface area contributed by atoms with Crippen molar-refractivity contribution in [3.05, 3.63) is 29.3 Å². The number of benzene rings is 1. The Morgan fingerprint density at radius 1 is 1.30 bits per heavy atom. The van der Waals surface area contributed by atoms with Gasteiger partial charge in [0.05, 0.1) is 0 Å². The lowest BCUT2D eigenvalue weighted by Crippen LogP contribution is -2.24. The van der Waals surface area contributed by atoms with Crippen LogP contribution in [0.15, 0.2) is 18.2 Å². The van der Waals surface area contributed by atoms with Gasteiger partial charge in [0.1, 0.15) is 11.4 Å². The van der Waals surface area contributed by atoms with Crippen molar-refractivity contribution in [2.75, 3.05) is 0 Å². The summed E-state index contributed by atoms with van der Waals surface area (Å²) in [5.74, 6) is 2.03. The van der Waals surface area contributed by atoms with Gasteiger partial charge in [-0.05, 0) is 49.9 Å². The molecule has 0 unspecified atom stereocenters. The Morgan fingerprint density at radius 2 is 2.05 bits per heavy atom. The Hall–Kier alpha value is -1.31. The molecule has 1 aromatic rings. The van der Waals surface area contributed by atoms with Gasteiger partial charge in [-0.15, -0.1) is 0 Å². The van der Waals surface area contributed by atoms with Crippen molar-refractivity contribution in [2.24, 2.45) is 5.92 Å². The second-order valence-corrected chi connectivity index (χ2v) is 6.97. The number of hydrogen-bond donors (Lipinski definition) is 0. The molecule has 0 amide bonds. The number of ether oxygens (including phenoxy) is 1. The zero-order chi connectivity index (χ0) is 14.2. The van der Waals surface area contributed by atoms with Gasteiger partial charge in [0, 0.05) is 18.4 Å². The van der Waals surface area contributed by atoms with Crippen LogP contribution in [-0.2, 0) is 6.42 Å². The lowest BCUT2D eigenvalue weighted by molar-refractivity contribution is 0.0974. The molecule has 1 saturated carbocycles. The minimum absolute atomic E-state index is 0.131. The van der Waals surface area contributed by atoms with Gasteiger partial charge in [0.25, 0.3) is 0 Å². The van der Waals surface area contributed by atoms with Crippen LogP contribution in [0.4, 0.5) is 0 Å². The highest BCUT2D eigenvalue weighted by Crippen LogP contribution is 2.35. The average Bonchev–Trinajstić information content (AvgIpc) is 2.99. The molecule has 0 radical (unpaired) electrons. The van der Waals surface area contributed by atoms with Gasteiger partial charge >= 0.3 is 0 Å². The number of carbonyl (C=O) groups is 1. The molecule has 3 rings (SSSR count). The van der Waals surface area contributed by atoms with Crippen LogP contribution in [0.1, 0.15) is 68.3 Å². The van der Waals surface area contributed by atoms with Gasteiger partial charge in [-0.3, -0.25) is 4.79 Å². The van der Waals surface area contributed by atoms with E-state index in [-0.39, 0.29) is 5.60 Å². The van der Waals surface area contributed by atoms with Crippen molar-refractivity contribution in [3.63, 3.8) is 0 Å². The average molecular weight is 272 g/mol. The number of Topliss-reactive ketones (excluding diaryl/α,β-unsaturated/α-hetero) is 1. The zero-order valence-electron chi connectivity index (χ0n) is 12.6. The third kappa shape index (κ3) is 2.89. The molecule has 1 aliphatic heterocycles. The van der Waals surface area contributed by atoms with E-state index in [1.165, 1.54) is 31.2 Å². The van der Waals surface area contributed by atoms with E-state index < -0.39 is 0 Å². The smallest absolute Gasteiger partial charge is 0.162 e. The van der Waals surface area contributed by atoms with Crippen molar-refractivity contribution in [3.8, 4) is 5.75 Å². The summed E-state index contributed by atoms with van der Waals surface area (Å²) in [6.45, 7) is 4.18. The molecule has 1 fully saturated rings. The van der Waals surface area contributed by atoms with Crippen molar-refractivity contribution >= 4 is 5.78 Å². The van der Waals surface area contributed by atoms with Crippen LogP contribution >= 0.6 is 0 Å². The number of rotatable bonds is 4. The minimum atomic E-state index is -0.131. The summed E-state index contributed by atoms with van der Waals surface area (Å²) in [5.41, 5.74) is 1.91. The minimum Gasteiger partial charge on any atom is -0.487 e. The van der Waals surface area contributed by atoms with Crippen LogP contribution in [0.5, 0.6) is 5.75 Å². The molecule has 0 spiro atoms. The van der Waals surface area contributed by atoms with E-state index >= 15 is 0 Å². The van der Waals surface area contributed by atoms with Crippen LogP contribution in [0.3, 0.4) is 0 Å². The standard InChI is InChI=1S/C18H24O2/c1-18(2)12-15-11-14(8-10-17(15)20-18)16(19)9-7-13-5-3-4-6-13/h8,10-11,13H,3-7,9,12H2,1-2H3. The molecule has 20 heavy (non-hydrogen) atoms. The van der Waals surface area contributed by atoms with Gasteiger partial charge < -0.3 is 4.74 Å². The largest absolute Gasteiger partial charge is 0.487 e. The summed E-state index contributed by atoms with van der Waals surface area (Å²) in [5, 5.41) is 0. The van der Waals surface area contributed by atoms with E-state index in [9.17, 15) is 4.79 Å². The molecule has 2 aliphatic rings. The van der Waals surface area contributed by atoms with E-state index in [1.54, 1.807) is 0 Å². The number of ketones is 1. The molecule has 0 atom stereocenters. The number of hydrogen-bond acceptors (Lipinski definition) is 2. The van der Waals surface area contributed by atoms with Gasteiger partial charge in [0.2, 0.25) is 0 Å². The lowest BCUT2D eigenvalue weighted by atomic mass is 9.95. The second kappa shape index (κ2) is 5.23. The highest BCUT2D eigenvalue weighted by atomic mass is 16.5. The molecule has 1 aliphatic carbocycles. The van der Waals surface area contributed by atoms with Crippen molar-refractivity contribution < 1.29 is 9.53 Å². The molecule has 2 heteroatoms. The molecular weight excluding hydrogens is 248 g/mol. The summed E-state index contributed by atoms with van der Waals surface area (Å²) in [4.78, 5) is 12.3. The first-order valence-electron chi connectivity index (χ1n) is 7.89. The topological polar surface area (TPSA) is 26.3 Å². The molecule has 108 valence electrons. The molecule has 0 N–H and O–H groups in total. The molecule has 0 saturated heterocycles. The van der Waals surface area contributed by atoms with Crippen molar-refractivity contribution in [2.45, 2.75) is 64.4 Å². The maximum atomic E-state index is 12.3. The van der Waals surface area contributed by atoms with E-state index in [1.807, 2.05) is 18.2 Å². The Balaban J connectivity index is 1.64. The molecule has 2 nitrogen and oxygen atoms in total. The molecule has 1 heterocycles. The summed E-state index contributed by atoms with van der Waals surface area (Å²) < 4.78 is 5.86. The van der Waals surface area contributed by atoms with Gasteiger partial charge in [-0.2, -0.15) is 0 Å². The Kier molecular flexibility index (Phi) is 3.57. The fourth-order valence-electron chi connectivity index (χ4n) is 3.56. The predicted octanol–water partition coefficient (Wildman–Crippen LogP) is 4.55. The van der Waals surface area contributed by atoms with Gasteiger partial charge in [-0.1, -0.05) is 25.7 Å². The van der Waals surface area contributed by atoms with Crippen LogP contribution < -0.4 is 4.74 Å². The predicted molar refractivity (Wildman–Crippen MR) is 80.4 cm³/mol. The fraction of sp³-hybridized carbons (Fsp3) is 0.611. The summed E-state index contributed by atoms with van der Waals surface area (Å²) in [7, 11) is 0. The molecule has 1 aromatic carbocycles. The van der Waals surface area contributed by atoms with Crippen LogP contribution in [0.25, 0.3) is 0 Å². The number of fused-ring (bicyclic) bond motifs is 1. The Labute approximate surface area is 121 Å². The van der Waals surface area contributed by atoms with Crippen molar-refractivity contribution in [1.29, 1.82) is 0 Å². The molecular formula is C18H24O2. The van der Waals surface area contributed by atoms with Crippen molar-refractivity contribution in [1.82, 2.24) is 0 Å². The normalized spacial score (nSPS) is 20.7. The first-order chi connectivity index (χ1) is 9.53. The summed E-state index contributed by atoms with van der Waals surface area (Å²) in [6.07, 6.45) is 8.00. The zero-order valence-corrected chi connectivity index (χ0v) is 12.6. The van der Waals surface area contributed by atoms with Gasteiger partial charge in [0.15, 0.2) is 5.78 Å². The maximum Gasteiger partial charge on any atom is 0.162 e. The highest BCUT2D eigenvalue weighted by molar-refractivity contribution is 5.96. The third-order valence-corrected chi connectivity index (χ3v) is 4.64. The maximum absolute atomic E-state index is 12.3.